The number of carbonyl (C=O) groups is 5. The van der Waals surface area contributed by atoms with Gasteiger partial charge in [0.2, 0.25) is 17.6 Å². The lowest BCUT2D eigenvalue weighted by atomic mass is 9.84. The van der Waals surface area contributed by atoms with Crippen molar-refractivity contribution in [3.05, 3.63) is 0 Å². The summed E-state index contributed by atoms with van der Waals surface area (Å²) in [5.74, 6) is -6.11. The Kier molecular flexibility index (Phi) is 8.60. The zero-order valence-corrected chi connectivity index (χ0v) is 20.7. The summed E-state index contributed by atoms with van der Waals surface area (Å²) in [6.07, 6.45) is -2.83. The zero-order chi connectivity index (χ0) is 26.9. The monoisotopic (exact) mass is 504 g/mol. The maximum Gasteiger partial charge on any atom is 0.471 e. The van der Waals surface area contributed by atoms with Crippen molar-refractivity contribution in [2.45, 2.75) is 84.6 Å². The third-order valence-electron chi connectivity index (χ3n) is 6.64. The van der Waals surface area contributed by atoms with Crippen LogP contribution in [0.5, 0.6) is 0 Å². The summed E-state index contributed by atoms with van der Waals surface area (Å²) in [5, 5.41) is 4.36. The summed E-state index contributed by atoms with van der Waals surface area (Å²) >= 11 is 0. The number of rotatable bonds is 9. The van der Waals surface area contributed by atoms with Crippen LogP contribution < -0.4 is 16.4 Å². The lowest BCUT2D eigenvalue weighted by Gasteiger charge is -2.37. The number of primary amides is 1. The average Bonchev–Trinajstić information content (AvgIpc) is 3.41. The molecule has 4 N–H and O–H groups in total. The van der Waals surface area contributed by atoms with E-state index in [4.69, 9.17) is 5.73 Å². The van der Waals surface area contributed by atoms with Crippen LogP contribution in [0.2, 0.25) is 0 Å². The van der Waals surface area contributed by atoms with Gasteiger partial charge >= 0.3 is 12.1 Å². The number of amides is 4. The van der Waals surface area contributed by atoms with Crippen molar-refractivity contribution in [1.82, 2.24) is 15.5 Å². The van der Waals surface area contributed by atoms with Gasteiger partial charge in [-0.3, -0.25) is 24.0 Å². The third kappa shape index (κ3) is 7.17. The number of hydrogen-bond acceptors (Lipinski definition) is 5. The Labute approximate surface area is 202 Å². The van der Waals surface area contributed by atoms with Gasteiger partial charge in [0.1, 0.15) is 12.1 Å². The van der Waals surface area contributed by atoms with Crippen LogP contribution in [0.4, 0.5) is 13.2 Å². The van der Waals surface area contributed by atoms with Crippen molar-refractivity contribution >= 4 is 29.4 Å². The van der Waals surface area contributed by atoms with Crippen molar-refractivity contribution in [2.75, 3.05) is 6.54 Å². The number of nitrogens with zero attached hydrogens (tertiary/aromatic N) is 1. The number of nitrogens with two attached hydrogens (primary N) is 1. The van der Waals surface area contributed by atoms with Gasteiger partial charge in [0.15, 0.2) is 0 Å². The second-order valence-electron chi connectivity index (χ2n) is 10.9. The molecular formula is C23H35F3N4O5. The minimum Gasteiger partial charge on any atom is -0.363 e. The van der Waals surface area contributed by atoms with E-state index in [1.54, 1.807) is 5.32 Å². The van der Waals surface area contributed by atoms with Gasteiger partial charge in [-0.15, -0.1) is 0 Å². The Balaban J connectivity index is 2.34. The number of likely N-dealkylation sites (tertiary alicyclic amines) is 1. The zero-order valence-electron chi connectivity index (χ0n) is 20.7. The van der Waals surface area contributed by atoms with E-state index in [1.807, 2.05) is 13.8 Å². The highest BCUT2D eigenvalue weighted by Gasteiger charge is 2.49. The van der Waals surface area contributed by atoms with Crippen LogP contribution in [0.1, 0.15) is 60.3 Å². The Hall–Kier alpha value is -2.66. The number of halogens is 3. The highest BCUT2D eigenvalue weighted by molar-refractivity contribution is 6.37. The number of hydrogen-bond donors (Lipinski definition) is 3. The molecule has 4 amide bonds. The fourth-order valence-corrected chi connectivity index (χ4v) is 4.47. The molecule has 1 saturated heterocycles. The Morgan fingerprint density at radius 1 is 1.00 bits per heavy atom. The van der Waals surface area contributed by atoms with Crippen molar-refractivity contribution < 1.29 is 37.1 Å². The van der Waals surface area contributed by atoms with Crippen LogP contribution in [-0.4, -0.2) is 65.2 Å². The quantitative estimate of drug-likeness (QED) is 0.406. The largest absolute Gasteiger partial charge is 0.471 e. The van der Waals surface area contributed by atoms with E-state index in [2.05, 4.69) is 5.32 Å². The molecule has 0 aromatic carbocycles. The predicted octanol–water partition coefficient (Wildman–Crippen LogP) is 1.29. The molecule has 0 spiro atoms. The first-order valence-electron chi connectivity index (χ1n) is 11.8. The van der Waals surface area contributed by atoms with E-state index < -0.39 is 59.1 Å². The van der Waals surface area contributed by atoms with Crippen LogP contribution in [-0.2, 0) is 24.0 Å². The van der Waals surface area contributed by atoms with Crippen LogP contribution >= 0.6 is 0 Å². The van der Waals surface area contributed by atoms with Crippen LogP contribution in [0.25, 0.3) is 0 Å². The van der Waals surface area contributed by atoms with Gasteiger partial charge < -0.3 is 21.3 Å². The summed E-state index contributed by atoms with van der Waals surface area (Å²) in [6, 6.07) is -3.77. The molecule has 1 saturated carbocycles. The molecular weight excluding hydrogens is 469 g/mol. The molecule has 0 bridgehead atoms. The molecule has 2 unspecified atom stereocenters. The maximum absolute atomic E-state index is 13.5. The molecule has 0 aromatic heterocycles. The Morgan fingerprint density at radius 3 is 2.00 bits per heavy atom. The average molecular weight is 505 g/mol. The molecule has 2 rings (SSSR count). The number of Topliss-reactive ketones (excluding diaryl/α,β-unsaturated/α-hetero) is 1. The highest BCUT2D eigenvalue weighted by Crippen LogP contribution is 2.35. The normalized spacial score (nSPS) is 22.5. The molecule has 35 heavy (non-hydrogen) atoms. The first kappa shape index (κ1) is 28.6. The topological polar surface area (TPSA) is 139 Å². The van der Waals surface area contributed by atoms with Gasteiger partial charge in [0, 0.05) is 6.54 Å². The molecule has 2 aliphatic rings. The first-order chi connectivity index (χ1) is 15.9. The minimum atomic E-state index is -5.18. The van der Waals surface area contributed by atoms with E-state index in [0.29, 0.717) is 6.42 Å². The molecule has 9 nitrogen and oxygen atoms in total. The number of nitrogens with one attached hydrogen (secondary N) is 2. The number of alkyl halides is 3. The molecule has 198 valence electrons. The van der Waals surface area contributed by atoms with E-state index >= 15 is 0 Å². The first-order valence-corrected chi connectivity index (χ1v) is 11.8. The highest BCUT2D eigenvalue weighted by atomic mass is 19.4. The van der Waals surface area contributed by atoms with E-state index in [-0.39, 0.29) is 30.7 Å². The lowest BCUT2D eigenvalue weighted by molar-refractivity contribution is -0.176. The van der Waals surface area contributed by atoms with Crippen LogP contribution in [0.3, 0.4) is 0 Å². The van der Waals surface area contributed by atoms with Crippen molar-refractivity contribution in [1.29, 1.82) is 0 Å². The fourth-order valence-electron chi connectivity index (χ4n) is 4.47. The second-order valence-corrected chi connectivity index (χ2v) is 10.9. The predicted molar refractivity (Wildman–Crippen MR) is 119 cm³/mol. The molecule has 2 fully saturated rings. The van der Waals surface area contributed by atoms with Crippen LogP contribution in [0, 0.1) is 23.2 Å². The smallest absolute Gasteiger partial charge is 0.363 e. The van der Waals surface area contributed by atoms with Gasteiger partial charge in [0.05, 0.1) is 6.04 Å². The molecule has 0 aromatic rings. The molecule has 0 radical (unpaired) electrons. The van der Waals surface area contributed by atoms with E-state index in [1.165, 1.54) is 25.7 Å². The van der Waals surface area contributed by atoms with Gasteiger partial charge in [-0.05, 0) is 36.0 Å². The molecule has 1 aliphatic heterocycles. The Morgan fingerprint density at radius 2 is 1.57 bits per heavy atom. The SMILES string of the molecule is CC(C)C1CCN(C(=O)[C@@H](NC(=O)C(F)(F)F)C(C)(C)C)[C@@H]1C(=O)NC(CC1CC1)C(=O)C(N)=O. The Bertz CT molecular complexity index is 864. The maximum atomic E-state index is 13.5. The second kappa shape index (κ2) is 10.5. The van der Waals surface area contributed by atoms with Crippen molar-refractivity contribution in [3.63, 3.8) is 0 Å². The van der Waals surface area contributed by atoms with Gasteiger partial charge in [-0.2, -0.15) is 13.2 Å². The summed E-state index contributed by atoms with van der Waals surface area (Å²) in [5.41, 5.74) is 4.05. The molecule has 1 heterocycles. The fraction of sp³-hybridized carbons (Fsp3) is 0.783. The van der Waals surface area contributed by atoms with Gasteiger partial charge in [0.25, 0.3) is 5.91 Å². The lowest BCUT2D eigenvalue weighted by Crippen LogP contribution is -2.61. The third-order valence-corrected chi connectivity index (χ3v) is 6.64. The van der Waals surface area contributed by atoms with E-state index in [9.17, 15) is 37.1 Å². The minimum absolute atomic E-state index is 0.0740. The molecule has 1 aliphatic carbocycles. The summed E-state index contributed by atoms with van der Waals surface area (Å²) in [6.45, 7) is 8.31. The van der Waals surface area contributed by atoms with Gasteiger partial charge in [-0.1, -0.05) is 47.5 Å². The summed E-state index contributed by atoms with van der Waals surface area (Å²) in [4.78, 5) is 63.5. The van der Waals surface area contributed by atoms with E-state index in [0.717, 1.165) is 12.8 Å². The molecule has 12 heteroatoms. The number of carbonyl (C=O) groups excluding carboxylic acids is 5. The summed E-state index contributed by atoms with van der Waals surface area (Å²) in [7, 11) is 0. The summed E-state index contributed by atoms with van der Waals surface area (Å²) < 4.78 is 38.8. The number of ketones is 1. The van der Waals surface area contributed by atoms with Crippen LogP contribution in [0.15, 0.2) is 0 Å². The van der Waals surface area contributed by atoms with Crippen molar-refractivity contribution in [3.8, 4) is 0 Å². The standard InChI is InChI=1S/C23H35F3N4O5/c1-11(2)13-8-9-30(20(34)17(22(3,4)5)29-21(35)23(24,25)26)15(13)19(33)28-14(10-12-6-7-12)16(31)18(27)32/h11-15,17H,6-10H2,1-5H3,(H2,27,32)(H,28,33)(H,29,35)/t13?,14?,15-,17+/m0/s1. The van der Waals surface area contributed by atoms with Crippen molar-refractivity contribution in [2.24, 2.45) is 28.9 Å². The molecule has 4 atom stereocenters. The van der Waals surface area contributed by atoms with Gasteiger partial charge in [-0.25, -0.2) is 0 Å².